The lowest BCUT2D eigenvalue weighted by atomic mass is 9.85. The standard InChI is InChI=1S/C17H30N2OS/c1-5-11-18-12-14-15(13(2)3)19-16(21-14)17(20-4)9-7-6-8-10-17/h13,18H,5-12H2,1-4H3. The van der Waals surface area contributed by atoms with Crippen molar-refractivity contribution in [2.24, 2.45) is 0 Å². The van der Waals surface area contributed by atoms with E-state index >= 15 is 0 Å². The Labute approximate surface area is 133 Å². The highest BCUT2D eigenvalue weighted by atomic mass is 32.1. The molecule has 120 valence electrons. The molecule has 0 saturated heterocycles. The summed E-state index contributed by atoms with van der Waals surface area (Å²) in [6.45, 7) is 8.69. The van der Waals surface area contributed by atoms with E-state index in [4.69, 9.17) is 9.72 Å². The van der Waals surface area contributed by atoms with Crippen LogP contribution in [0, 0.1) is 0 Å². The SMILES string of the molecule is CCCNCc1sc(C2(OC)CCCCC2)nc1C(C)C. The highest BCUT2D eigenvalue weighted by Gasteiger charge is 2.37. The van der Waals surface area contributed by atoms with Crippen molar-refractivity contribution in [3.63, 3.8) is 0 Å². The Kier molecular flexibility index (Phi) is 6.20. The molecule has 1 saturated carbocycles. The molecule has 1 N–H and O–H groups in total. The van der Waals surface area contributed by atoms with Gasteiger partial charge in [-0.25, -0.2) is 4.98 Å². The Bertz CT molecular complexity index is 436. The topological polar surface area (TPSA) is 34.1 Å². The molecule has 1 aromatic rings. The molecular weight excluding hydrogens is 280 g/mol. The zero-order valence-corrected chi connectivity index (χ0v) is 14.8. The van der Waals surface area contributed by atoms with Crippen LogP contribution < -0.4 is 5.32 Å². The molecule has 0 amide bonds. The summed E-state index contributed by atoms with van der Waals surface area (Å²) in [4.78, 5) is 6.41. The fraction of sp³-hybridized carbons (Fsp3) is 0.824. The van der Waals surface area contributed by atoms with Crippen molar-refractivity contribution in [2.45, 2.75) is 77.4 Å². The lowest BCUT2D eigenvalue weighted by Gasteiger charge is -2.34. The van der Waals surface area contributed by atoms with Gasteiger partial charge in [0, 0.05) is 18.5 Å². The van der Waals surface area contributed by atoms with Crippen molar-refractivity contribution in [3.8, 4) is 0 Å². The number of nitrogens with one attached hydrogen (secondary N) is 1. The van der Waals surface area contributed by atoms with Crippen molar-refractivity contribution < 1.29 is 4.74 Å². The molecule has 3 nitrogen and oxygen atoms in total. The van der Waals surface area contributed by atoms with Gasteiger partial charge in [-0.3, -0.25) is 0 Å². The van der Waals surface area contributed by atoms with Gasteiger partial charge in [-0.15, -0.1) is 11.3 Å². The van der Waals surface area contributed by atoms with Gasteiger partial charge in [-0.2, -0.15) is 0 Å². The smallest absolute Gasteiger partial charge is 0.125 e. The third-order valence-corrected chi connectivity index (χ3v) is 5.69. The molecule has 0 spiro atoms. The van der Waals surface area contributed by atoms with Crippen LogP contribution in [0.3, 0.4) is 0 Å². The Morgan fingerprint density at radius 3 is 2.57 bits per heavy atom. The van der Waals surface area contributed by atoms with Crippen molar-refractivity contribution in [1.29, 1.82) is 0 Å². The molecule has 1 fully saturated rings. The predicted molar refractivity (Wildman–Crippen MR) is 90.0 cm³/mol. The number of thiazole rings is 1. The van der Waals surface area contributed by atoms with Gasteiger partial charge in [0.1, 0.15) is 10.6 Å². The van der Waals surface area contributed by atoms with Crippen LogP contribution >= 0.6 is 11.3 Å². The van der Waals surface area contributed by atoms with Crippen LogP contribution in [0.5, 0.6) is 0 Å². The van der Waals surface area contributed by atoms with E-state index in [1.807, 2.05) is 18.4 Å². The molecule has 0 bridgehead atoms. The molecule has 0 atom stereocenters. The summed E-state index contributed by atoms with van der Waals surface area (Å²) < 4.78 is 5.97. The van der Waals surface area contributed by atoms with Gasteiger partial charge >= 0.3 is 0 Å². The normalized spacial score (nSPS) is 18.3. The first-order valence-corrected chi connectivity index (χ1v) is 9.20. The molecular formula is C17H30N2OS. The van der Waals surface area contributed by atoms with E-state index in [2.05, 4.69) is 26.1 Å². The number of nitrogens with zero attached hydrogens (tertiary/aromatic N) is 1. The van der Waals surface area contributed by atoms with Crippen LogP contribution in [-0.2, 0) is 16.9 Å². The first-order chi connectivity index (χ1) is 10.1. The van der Waals surface area contributed by atoms with Gasteiger partial charge < -0.3 is 10.1 Å². The molecule has 0 aliphatic heterocycles. The maximum absolute atomic E-state index is 5.97. The lowest BCUT2D eigenvalue weighted by Crippen LogP contribution is -2.31. The molecule has 4 heteroatoms. The second kappa shape index (κ2) is 7.70. The minimum absolute atomic E-state index is 0.116. The van der Waals surface area contributed by atoms with Crippen LogP contribution in [0.25, 0.3) is 0 Å². The van der Waals surface area contributed by atoms with Crippen LogP contribution in [0.1, 0.15) is 80.8 Å². The summed E-state index contributed by atoms with van der Waals surface area (Å²) >= 11 is 1.87. The molecule has 1 aromatic heterocycles. The highest BCUT2D eigenvalue weighted by Crippen LogP contribution is 2.43. The van der Waals surface area contributed by atoms with Crippen LogP contribution in [0.2, 0.25) is 0 Å². The van der Waals surface area contributed by atoms with E-state index in [-0.39, 0.29) is 5.60 Å². The summed E-state index contributed by atoms with van der Waals surface area (Å²) in [6, 6.07) is 0. The van der Waals surface area contributed by atoms with E-state index in [1.54, 1.807) is 0 Å². The van der Waals surface area contributed by atoms with Gasteiger partial charge in [0.15, 0.2) is 0 Å². The largest absolute Gasteiger partial charge is 0.371 e. The molecule has 1 aliphatic carbocycles. The van der Waals surface area contributed by atoms with E-state index in [0.29, 0.717) is 5.92 Å². The molecule has 1 heterocycles. The Hall–Kier alpha value is -0.450. The average Bonchev–Trinajstić information content (AvgIpc) is 2.93. The van der Waals surface area contributed by atoms with Crippen LogP contribution in [-0.4, -0.2) is 18.6 Å². The molecule has 0 unspecified atom stereocenters. The zero-order chi connectivity index (χ0) is 15.3. The summed E-state index contributed by atoms with van der Waals surface area (Å²) in [6.07, 6.45) is 7.26. The summed E-state index contributed by atoms with van der Waals surface area (Å²) in [5, 5.41) is 4.73. The second-order valence-electron chi connectivity index (χ2n) is 6.42. The van der Waals surface area contributed by atoms with Gasteiger partial charge in [0.05, 0.1) is 5.69 Å². The molecule has 0 aromatic carbocycles. The van der Waals surface area contributed by atoms with Gasteiger partial charge in [-0.05, 0) is 31.7 Å². The zero-order valence-electron chi connectivity index (χ0n) is 14.0. The number of rotatable bonds is 7. The van der Waals surface area contributed by atoms with Crippen molar-refractivity contribution >= 4 is 11.3 Å². The van der Waals surface area contributed by atoms with Crippen molar-refractivity contribution in [1.82, 2.24) is 10.3 Å². The molecule has 21 heavy (non-hydrogen) atoms. The average molecular weight is 311 g/mol. The van der Waals surface area contributed by atoms with Crippen molar-refractivity contribution in [2.75, 3.05) is 13.7 Å². The first-order valence-electron chi connectivity index (χ1n) is 8.39. The predicted octanol–water partition coefficient (Wildman–Crippen LogP) is 4.57. The Morgan fingerprint density at radius 2 is 2.00 bits per heavy atom. The summed E-state index contributed by atoms with van der Waals surface area (Å²) in [7, 11) is 1.86. The third kappa shape index (κ3) is 3.85. The number of methoxy groups -OCH3 is 1. The van der Waals surface area contributed by atoms with Gasteiger partial charge in [0.2, 0.25) is 0 Å². The number of aromatic nitrogens is 1. The van der Waals surface area contributed by atoms with Gasteiger partial charge in [-0.1, -0.05) is 40.0 Å². The maximum atomic E-state index is 5.97. The van der Waals surface area contributed by atoms with Crippen molar-refractivity contribution in [3.05, 3.63) is 15.6 Å². The van der Waals surface area contributed by atoms with E-state index in [1.165, 1.54) is 41.3 Å². The lowest BCUT2D eigenvalue weighted by molar-refractivity contribution is -0.0447. The Balaban J connectivity index is 2.24. The number of ether oxygens (including phenoxy) is 1. The molecule has 0 radical (unpaired) electrons. The fourth-order valence-corrected chi connectivity index (χ4v) is 4.55. The third-order valence-electron chi connectivity index (χ3n) is 4.43. The fourth-order valence-electron chi connectivity index (χ4n) is 3.14. The van der Waals surface area contributed by atoms with E-state index < -0.39 is 0 Å². The van der Waals surface area contributed by atoms with E-state index in [0.717, 1.165) is 25.9 Å². The summed E-state index contributed by atoms with van der Waals surface area (Å²) in [5.74, 6) is 0.478. The van der Waals surface area contributed by atoms with Crippen LogP contribution in [0.4, 0.5) is 0 Å². The monoisotopic (exact) mass is 310 g/mol. The second-order valence-corrected chi connectivity index (χ2v) is 7.50. The first kappa shape index (κ1) is 16.9. The summed E-state index contributed by atoms with van der Waals surface area (Å²) in [5.41, 5.74) is 1.15. The van der Waals surface area contributed by atoms with Gasteiger partial charge in [0.25, 0.3) is 0 Å². The quantitative estimate of drug-likeness (QED) is 0.749. The van der Waals surface area contributed by atoms with E-state index in [9.17, 15) is 0 Å². The van der Waals surface area contributed by atoms with Crippen LogP contribution in [0.15, 0.2) is 0 Å². The Morgan fingerprint density at radius 1 is 1.29 bits per heavy atom. The molecule has 1 aliphatic rings. The highest BCUT2D eigenvalue weighted by molar-refractivity contribution is 7.11. The number of hydrogen-bond donors (Lipinski definition) is 1. The maximum Gasteiger partial charge on any atom is 0.125 e. The molecule has 2 rings (SSSR count). The number of hydrogen-bond acceptors (Lipinski definition) is 4. The minimum atomic E-state index is -0.116. The minimum Gasteiger partial charge on any atom is -0.371 e.